The Kier molecular flexibility index (Phi) is 5.94. The molecule has 0 saturated carbocycles. The minimum absolute atomic E-state index is 0.293. The standard InChI is InChI=1S/C23H21NO2/c1-2-16-26-23(25)21-12-14-22(15-13-21)24-17-18-8-10-20(11-9-18)19-6-4-3-5-7-19/h3-15,17H,2,16H2,1H3. The Morgan fingerprint density at radius 1 is 0.885 bits per heavy atom. The number of carbonyl (C=O) groups is 1. The zero-order valence-corrected chi connectivity index (χ0v) is 14.8. The van der Waals surface area contributed by atoms with E-state index < -0.39 is 0 Å². The van der Waals surface area contributed by atoms with E-state index in [1.807, 2.05) is 55.6 Å². The van der Waals surface area contributed by atoms with Gasteiger partial charge in [0.05, 0.1) is 17.9 Å². The molecule has 26 heavy (non-hydrogen) atoms. The first-order chi connectivity index (χ1) is 12.8. The smallest absolute Gasteiger partial charge is 0.338 e. The Morgan fingerprint density at radius 3 is 2.19 bits per heavy atom. The average molecular weight is 343 g/mol. The molecule has 0 bridgehead atoms. The molecule has 3 aromatic carbocycles. The molecule has 0 fully saturated rings. The van der Waals surface area contributed by atoms with E-state index in [4.69, 9.17) is 4.74 Å². The second kappa shape index (κ2) is 8.77. The fourth-order valence-corrected chi connectivity index (χ4v) is 2.50. The van der Waals surface area contributed by atoms with E-state index in [0.717, 1.165) is 17.7 Å². The van der Waals surface area contributed by atoms with Crippen molar-refractivity contribution in [1.29, 1.82) is 0 Å². The third-order valence-electron chi connectivity index (χ3n) is 3.92. The molecule has 3 rings (SSSR count). The Balaban J connectivity index is 1.65. The maximum Gasteiger partial charge on any atom is 0.338 e. The van der Waals surface area contributed by atoms with E-state index in [9.17, 15) is 4.79 Å². The zero-order chi connectivity index (χ0) is 18.2. The minimum atomic E-state index is -0.293. The lowest BCUT2D eigenvalue weighted by Gasteiger charge is -2.03. The lowest BCUT2D eigenvalue weighted by atomic mass is 10.0. The predicted molar refractivity (Wildman–Crippen MR) is 106 cm³/mol. The molecule has 0 aliphatic heterocycles. The summed E-state index contributed by atoms with van der Waals surface area (Å²) in [5.74, 6) is -0.293. The first-order valence-corrected chi connectivity index (χ1v) is 8.73. The largest absolute Gasteiger partial charge is 0.462 e. The summed E-state index contributed by atoms with van der Waals surface area (Å²) in [5, 5.41) is 0. The van der Waals surface area contributed by atoms with Gasteiger partial charge in [-0.3, -0.25) is 4.99 Å². The number of esters is 1. The van der Waals surface area contributed by atoms with Crippen LogP contribution in [0.2, 0.25) is 0 Å². The summed E-state index contributed by atoms with van der Waals surface area (Å²) >= 11 is 0. The molecule has 130 valence electrons. The van der Waals surface area contributed by atoms with Crippen LogP contribution in [0, 0.1) is 0 Å². The highest BCUT2D eigenvalue weighted by molar-refractivity contribution is 5.90. The lowest BCUT2D eigenvalue weighted by Crippen LogP contribution is -2.05. The van der Waals surface area contributed by atoms with E-state index in [-0.39, 0.29) is 5.97 Å². The first kappa shape index (κ1) is 17.6. The van der Waals surface area contributed by atoms with Gasteiger partial charge in [0, 0.05) is 6.21 Å². The molecule has 3 aromatic rings. The highest BCUT2D eigenvalue weighted by Crippen LogP contribution is 2.19. The van der Waals surface area contributed by atoms with E-state index in [2.05, 4.69) is 29.3 Å². The van der Waals surface area contributed by atoms with Gasteiger partial charge in [-0.25, -0.2) is 4.79 Å². The monoisotopic (exact) mass is 343 g/mol. The molecule has 0 aromatic heterocycles. The molecular weight excluding hydrogens is 322 g/mol. The summed E-state index contributed by atoms with van der Waals surface area (Å²) in [6, 6.07) is 25.6. The third kappa shape index (κ3) is 4.67. The number of carbonyl (C=O) groups excluding carboxylic acids is 1. The number of benzene rings is 3. The highest BCUT2D eigenvalue weighted by Gasteiger charge is 2.05. The summed E-state index contributed by atoms with van der Waals surface area (Å²) in [6.45, 7) is 2.41. The van der Waals surface area contributed by atoms with Crippen molar-refractivity contribution in [1.82, 2.24) is 0 Å². The Bertz CT molecular complexity index is 866. The molecule has 0 amide bonds. The van der Waals surface area contributed by atoms with Gasteiger partial charge in [0.1, 0.15) is 0 Å². The van der Waals surface area contributed by atoms with Gasteiger partial charge in [0.2, 0.25) is 0 Å². The maximum absolute atomic E-state index is 11.8. The van der Waals surface area contributed by atoms with Gasteiger partial charge in [-0.15, -0.1) is 0 Å². The molecule has 0 radical (unpaired) electrons. The fourth-order valence-electron chi connectivity index (χ4n) is 2.50. The van der Waals surface area contributed by atoms with Crippen molar-refractivity contribution in [3.63, 3.8) is 0 Å². The van der Waals surface area contributed by atoms with E-state index in [1.165, 1.54) is 11.1 Å². The van der Waals surface area contributed by atoms with E-state index in [0.29, 0.717) is 12.2 Å². The number of ether oxygens (including phenoxy) is 1. The van der Waals surface area contributed by atoms with E-state index in [1.54, 1.807) is 12.1 Å². The van der Waals surface area contributed by atoms with Crippen molar-refractivity contribution >= 4 is 17.9 Å². The van der Waals surface area contributed by atoms with Crippen LogP contribution < -0.4 is 0 Å². The molecule has 0 aliphatic rings. The molecular formula is C23H21NO2. The average Bonchev–Trinajstić information content (AvgIpc) is 2.72. The van der Waals surface area contributed by atoms with Crippen LogP contribution >= 0.6 is 0 Å². The summed E-state index contributed by atoms with van der Waals surface area (Å²) in [6.07, 6.45) is 2.64. The van der Waals surface area contributed by atoms with Crippen molar-refractivity contribution in [2.75, 3.05) is 6.61 Å². The van der Waals surface area contributed by atoms with Gasteiger partial charge in [0.25, 0.3) is 0 Å². The summed E-state index contributed by atoms with van der Waals surface area (Å²) in [5.41, 5.74) is 4.74. The van der Waals surface area contributed by atoms with Crippen molar-refractivity contribution < 1.29 is 9.53 Å². The highest BCUT2D eigenvalue weighted by atomic mass is 16.5. The van der Waals surface area contributed by atoms with Gasteiger partial charge in [0.15, 0.2) is 0 Å². The van der Waals surface area contributed by atoms with Crippen molar-refractivity contribution in [2.45, 2.75) is 13.3 Å². The maximum atomic E-state index is 11.8. The lowest BCUT2D eigenvalue weighted by molar-refractivity contribution is 0.0505. The predicted octanol–water partition coefficient (Wildman–Crippen LogP) is 5.67. The van der Waals surface area contributed by atoms with Crippen LogP contribution in [0.25, 0.3) is 11.1 Å². The Morgan fingerprint density at radius 2 is 1.54 bits per heavy atom. The second-order valence-electron chi connectivity index (χ2n) is 5.93. The van der Waals surface area contributed by atoms with Crippen LogP contribution in [-0.2, 0) is 4.74 Å². The molecule has 0 saturated heterocycles. The number of nitrogens with zero attached hydrogens (tertiary/aromatic N) is 1. The van der Waals surface area contributed by atoms with Crippen LogP contribution in [0.4, 0.5) is 5.69 Å². The summed E-state index contributed by atoms with van der Waals surface area (Å²) in [7, 11) is 0. The second-order valence-corrected chi connectivity index (χ2v) is 5.93. The van der Waals surface area contributed by atoms with Crippen molar-refractivity contribution in [3.05, 3.63) is 90.0 Å². The molecule has 0 N–H and O–H groups in total. The van der Waals surface area contributed by atoms with Crippen molar-refractivity contribution in [2.24, 2.45) is 4.99 Å². The molecule has 0 unspecified atom stereocenters. The van der Waals surface area contributed by atoms with Gasteiger partial charge in [-0.05, 0) is 47.4 Å². The molecule has 0 spiro atoms. The third-order valence-corrected chi connectivity index (χ3v) is 3.92. The topological polar surface area (TPSA) is 38.7 Å². The number of hydrogen-bond acceptors (Lipinski definition) is 3. The van der Waals surface area contributed by atoms with Gasteiger partial charge in [-0.2, -0.15) is 0 Å². The molecule has 0 atom stereocenters. The fraction of sp³-hybridized carbons (Fsp3) is 0.130. The first-order valence-electron chi connectivity index (χ1n) is 8.73. The zero-order valence-electron chi connectivity index (χ0n) is 14.8. The van der Waals surface area contributed by atoms with Crippen LogP contribution in [0.1, 0.15) is 29.3 Å². The van der Waals surface area contributed by atoms with Gasteiger partial charge < -0.3 is 4.74 Å². The molecule has 0 aliphatic carbocycles. The van der Waals surface area contributed by atoms with Gasteiger partial charge in [-0.1, -0.05) is 61.5 Å². The summed E-state index contributed by atoms with van der Waals surface area (Å²) < 4.78 is 5.12. The van der Waals surface area contributed by atoms with Crippen LogP contribution in [0.15, 0.2) is 83.9 Å². The number of aliphatic imine (C=N–C) groups is 1. The Labute approximate surface area is 154 Å². The van der Waals surface area contributed by atoms with Crippen LogP contribution in [0.3, 0.4) is 0 Å². The number of rotatable bonds is 6. The normalized spacial score (nSPS) is 10.8. The number of hydrogen-bond donors (Lipinski definition) is 0. The Hall–Kier alpha value is -3.20. The summed E-state index contributed by atoms with van der Waals surface area (Å²) in [4.78, 5) is 16.2. The van der Waals surface area contributed by atoms with E-state index >= 15 is 0 Å². The minimum Gasteiger partial charge on any atom is -0.462 e. The van der Waals surface area contributed by atoms with Gasteiger partial charge >= 0.3 is 5.97 Å². The molecule has 3 nitrogen and oxygen atoms in total. The quantitative estimate of drug-likeness (QED) is 0.427. The molecule has 3 heteroatoms. The van der Waals surface area contributed by atoms with Crippen LogP contribution in [0.5, 0.6) is 0 Å². The SMILES string of the molecule is CCCOC(=O)c1ccc(N=Cc2ccc(-c3ccccc3)cc2)cc1. The van der Waals surface area contributed by atoms with Crippen molar-refractivity contribution in [3.8, 4) is 11.1 Å². The molecule has 0 heterocycles. The van der Waals surface area contributed by atoms with Crippen LogP contribution in [-0.4, -0.2) is 18.8 Å².